The maximum absolute atomic E-state index is 12.2. The van der Waals surface area contributed by atoms with Crippen molar-refractivity contribution < 1.29 is 24.2 Å². The topological polar surface area (TPSA) is 166 Å². The van der Waals surface area contributed by atoms with Gasteiger partial charge in [0.05, 0.1) is 26.5 Å². The lowest BCUT2D eigenvalue weighted by molar-refractivity contribution is -0.394. The van der Waals surface area contributed by atoms with Crippen molar-refractivity contribution in [3.8, 4) is 5.75 Å². The lowest BCUT2D eigenvalue weighted by Gasteiger charge is -2.12. The molecule has 0 fully saturated rings. The molecule has 0 bridgehead atoms. The van der Waals surface area contributed by atoms with E-state index in [1.807, 2.05) is 0 Å². The molecule has 0 aliphatic rings. The standard InChI is InChI=1S/C16H11Cl2N5O7S/c17-9-1-2-13(12(18)5-9)30-7-14(24)20-21-16(31)19-15(25)8-3-10(22(26)27)6-11(4-8)23(28)29/h1-6H,7H2,(H,20,24)(H2,19,21,25,31). The number of thiocarbonyl (C=S) groups is 1. The monoisotopic (exact) mass is 487 g/mol. The number of nitro groups is 2. The second kappa shape index (κ2) is 10.5. The normalized spacial score (nSPS) is 10.0. The summed E-state index contributed by atoms with van der Waals surface area (Å²) in [5.74, 6) is -1.44. The Hall–Kier alpha value is -3.55. The number of hydrazine groups is 1. The number of nitrogens with zero attached hydrogens (tertiary/aromatic N) is 2. The average Bonchev–Trinajstić information content (AvgIpc) is 2.71. The predicted molar refractivity (Wildman–Crippen MR) is 113 cm³/mol. The van der Waals surface area contributed by atoms with Crippen molar-refractivity contribution in [3.05, 3.63) is 72.2 Å². The van der Waals surface area contributed by atoms with E-state index >= 15 is 0 Å². The summed E-state index contributed by atoms with van der Waals surface area (Å²) in [6.45, 7) is -0.456. The fourth-order valence-electron chi connectivity index (χ4n) is 2.04. The zero-order chi connectivity index (χ0) is 23.1. The molecule has 31 heavy (non-hydrogen) atoms. The number of benzene rings is 2. The average molecular weight is 488 g/mol. The zero-order valence-electron chi connectivity index (χ0n) is 15.1. The van der Waals surface area contributed by atoms with Gasteiger partial charge in [-0.05, 0) is 30.4 Å². The van der Waals surface area contributed by atoms with Gasteiger partial charge in [-0.25, -0.2) is 0 Å². The van der Waals surface area contributed by atoms with Crippen LogP contribution in [0.5, 0.6) is 5.75 Å². The SMILES string of the molecule is O=C(COc1ccc(Cl)cc1Cl)NNC(=S)NC(=O)c1cc([N+](=O)[O-])cc([N+](=O)[O-])c1. The lowest BCUT2D eigenvalue weighted by atomic mass is 10.1. The van der Waals surface area contributed by atoms with E-state index in [1.165, 1.54) is 18.2 Å². The first-order valence-corrected chi connectivity index (χ1v) is 9.15. The number of halogens is 2. The van der Waals surface area contributed by atoms with Crippen LogP contribution in [0.3, 0.4) is 0 Å². The summed E-state index contributed by atoms with van der Waals surface area (Å²) in [5, 5.41) is 24.1. The highest BCUT2D eigenvalue weighted by atomic mass is 35.5. The molecule has 0 aromatic heterocycles. The van der Waals surface area contributed by atoms with Crippen LogP contribution in [0.2, 0.25) is 10.0 Å². The fourth-order valence-corrected chi connectivity index (χ4v) is 2.65. The molecule has 0 saturated heterocycles. The van der Waals surface area contributed by atoms with Gasteiger partial charge in [0.2, 0.25) is 0 Å². The van der Waals surface area contributed by atoms with Crippen molar-refractivity contribution in [1.29, 1.82) is 0 Å². The van der Waals surface area contributed by atoms with Crippen LogP contribution >= 0.6 is 35.4 Å². The number of amides is 2. The number of hydrogen-bond acceptors (Lipinski definition) is 8. The van der Waals surface area contributed by atoms with Crippen LogP contribution in [0, 0.1) is 20.2 Å². The van der Waals surface area contributed by atoms with E-state index in [0.29, 0.717) is 11.1 Å². The van der Waals surface area contributed by atoms with E-state index in [2.05, 4.69) is 16.2 Å². The van der Waals surface area contributed by atoms with Crippen LogP contribution in [0.4, 0.5) is 11.4 Å². The Kier molecular flexibility index (Phi) is 8.01. The summed E-state index contributed by atoms with van der Waals surface area (Å²) in [5.41, 5.74) is 2.69. The van der Waals surface area contributed by atoms with Crippen molar-refractivity contribution >= 4 is 63.7 Å². The highest BCUT2D eigenvalue weighted by Gasteiger charge is 2.20. The second-order valence-electron chi connectivity index (χ2n) is 5.57. The van der Waals surface area contributed by atoms with Gasteiger partial charge in [0, 0.05) is 17.2 Å². The van der Waals surface area contributed by atoms with Crippen LogP contribution in [-0.4, -0.2) is 33.4 Å². The molecule has 0 atom stereocenters. The first-order chi connectivity index (χ1) is 14.6. The zero-order valence-corrected chi connectivity index (χ0v) is 17.4. The largest absolute Gasteiger partial charge is 0.482 e. The van der Waals surface area contributed by atoms with Gasteiger partial charge in [-0.1, -0.05) is 23.2 Å². The van der Waals surface area contributed by atoms with Crippen LogP contribution in [0.1, 0.15) is 10.4 Å². The Labute approximate surface area is 188 Å². The molecule has 2 amide bonds. The quantitative estimate of drug-likeness (QED) is 0.315. The molecule has 3 N–H and O–H groups in total. The van der Waals surface area contributed by atoms with E-state index in [4.69, 9.17) is 40.2 Å². The molecular formula is C16H11Cl2N5O7S. The summed E-state index contributed by atoms with van der Waals surface area (Å²) in [7, 11) is 0. The second-order valence-corrected chi connectivity index (χ2v) is 6.82. The van der Waals surface area contributed by atoms with Gasteiger partial charge in [-0.3, -0.25) is 46.0 Å². The van der Waals surface area contributed by atoms with Crippen molar-refractivity contribution in [1.82, 2.24) is 16.2 Å². The fraction of sp³-hybridized carbons (Fsp3) is 0.0625. The minimum Gasteiger partial charge on any atom is -0.482 e. The van der Waals surface area contributed by atoms with Gasteiger partial charge in [-0.2, -0.15) is 0 Å². The lowest BCUT2D eigenvalue weighted by Crippen LogP contribution is -2.49. The number of ether oxygens (including phenoxy) is 1. The Morgan fingerprint density at radius 3 is 2.16 bits per heavy atom. The number of carbonyl (C=O) groups is 2. The Morgan fingerprint density at radius 1 is 1.00 bits per heavy atom. The molecule has 0 aliphatic heterocycles. The van der Waals surface area contributed by atoms with E-state index in [-0.39, 0.29) is 21.4 Å². The Morgan fingerprint density at radius 2 is 1.61 bits per heavy atom. The molecule has 0 unspecified atom stereocenters. The number of hydrogen-bond donors (Lipinski definition) is 3. The third-order valence-corrected chi connectivity index (χ3v) is 4.12. The molecular weight excluding hydrogens is 477 g/mol. The van der Waals surface area contributed by atoms with Gasteiger partial charge in [-0.15, -0.1) is 0 Å². The highest BCUT2D eigenvalue weighted by molar-refractivity contribution is 7.80. The maximum Gasteiger partial charge on any atom is 0.277 e. The number of non-ortho nitro benzene ring substituents is 2. The summed E-state index contributed by atoms with van der Waals surface area (Å²) < 4.78 is 5.21. The van der Waals surface area contributed by atoms with Gasteiger partial charge in [0.25, 0.3) is 23.2 Å². The van der Waals surface area contributed by atoms with Crippen molar-refractivity contribution in [2.45, 2.75) is 0 Å². The van der Waals surface area contributed by atoms with Gasteiger partial charge < -0.3 is 4.74 Å². The maximum atomic E-state index is 12.2. The third kappa shape index (κ3) is 7.02. The van der Waals surface area contributed by atoms with Crippen molar-refractivity contribution in [2.75, 3.05) is 6.61 Å². The van der Waals surface area contributed by atoms with E-state index in [1.54, 1.807) is 0 Å². The summed E-state index contributed by atoms with van der Waals surface area (Å²) in [6.07, 6.45) is 0. The summed E-state index contributed by atoms with van der Waals surface area (Å²) >= 11 is 16.5. The minimum atomic E-state index is -0.970. The van der Waals surface area contributed by atoms with Gasteiger partial charge in [0.1, 0.15) is 5.75 Å². The van der Waals surface area contributed by atoms with Gasteiger partial charge >= 0.3 is 0 Å². The van der Waals surface area contributed by atoms with Crippen LogP contribution < -0.4 is 20.9 Å². The van der Waals surface area contributed by atoms with E-state index < -0.39 is 39.6 Å². The molecule has 15 heteroatoms. The molecule has 0 saturated carbocycles. The Bertz CT molecular complexity index is 1050. The number of nitrogens with one attached hydrogen (secondary N) is 3. The summed E-state index contributed by atoms with van der Waals surface area (Å²) in [4.78, 5) is 44.0. The molecule has 2 aromatic rings. The van der Waals surface area contributed by atoms with Crippen LogP contribution in [-0.2, 0) is 4.79 Å². The van der Waals surface area contributed by atoms with Crippen molar-refractivity contribution in [2.24, 2.45) is 0 Å². The molecule has 2 aromatic carbocycles. The number of rotatable bonds is 6. The van der Waals surface area contributed by atoms with Crippen molar-refractivity contribution in [3.63, 3.8) is 0 Å². The Balaban J connectivity index is 1.90. The van der Waals surface area contributed by atoms with E-state index in [0.717, 1.165) is 12.1 Å². The number of carbonyl (C=O) groups excluding carboxylic acids is 2. The molecule has 12 nitrogen and oxygen atoms in total. The molecule has 0 aliphatic carbocycles. The molecule has 162 valence electrons. The predicted octanol–water partition coefficient (Wildman–Crippen LogP) is 2.52. The van der Waals surface area contributed by atoms with E-state index in [9.17, 15) is 29.8 Å². The first-order valence-electron chi connectivity index (χ1n) is 7.98. The molecule has 0 heterocycles. The highest BCUT2D eigenvalue weighted by Crippen LogP contribution is 2.27. The molecule has 0 spiro atoms. The van der Waals surface area contributed by atoms with Gasteiger partial charge in [0.15, 0.2) is 11.7 Å². The van der Waals surface area contributed by atoms with Crippen LogP contribution in [0.15, 0.2) is 36.4 Å². The first kappa shape index (κ1) is 23.7. The number of nitro benzene ring substituents is 2. The summed E-state index contributed by atoms with van der Waals surface area (Å²) in [6, 6.07) is 6.80. The third-order valence-electron chi connectivity index (χ3n) is 3.38. The molecule has 2 rings (SSSR count). The van der Waals surface area contributed by atoms with Crippen LogP contribution in [0.25, 0.3) is 0 Å². The molecule has 0 radical (unpaired) electrons. The smallest absolute Gasteiger partial charge is 0.277 e. The minimum absolute atomic E-state index is 0.196.